The van der Waals surface area contributed by atoms with Gasteiger partial charge in [-0.2, -0.15) is 0 Å². The smallest absolute Gasteiger partial charge is 0.277 e. The SMILES string of the molecule is CCN1C(=O)NC(=O)C(CCC(C)C)C1=O. The second-order valence-corrected chi connectivity index (χ2v) is 4.40. The van der Waals surface area contributed by atoms with E-state index >= 15 is 0 Å². The summed E-state index contributed by atoms with van der Waals surface area (Å²) in [7, 11) is 0. The first-order chi connectivity index (χ1) is 7.47. The van der Waals surface area contributed by atoms with Gasteiger partial charge in [0.1, 0.15) is 5.92 Å². The van der Waals surface area contributed by atoms with Gasteiger partial charge in [0.15, 0.2) is 0 Å². The number of imide groups is 2. The summed E-state index contributed by atoms with van der Waals surface area (Å²) >= 11 is 0. The molecule has 1 heterocycles. The standard InChI is InChI=1S/C11H18N2O3/c1-4-13-10(15)8(6-5-7(2)3)9(14)12-11(13)16/h7-8H,4-6H2,1-3H3,(H,12,14,16). The molecule has 5 nitrogen and oxygen atoms in total. The molecule has 1 aliphatic heterocycles. The van der Waals surface area contributed by atoms with E-state index in [0.29, 0.717) is 18.9 Å². The van der Waals surface area contributed by atoms with E-state index in [1.54, 1.807) is 6.92 Å². The van der Waals surface area contributed by atoms with E-state index in [9.17, 15) is 14.4 Å². The Labute approximate surface area is 95.2 Å². The monoisotopic (exact) mass is 226 g/mol. The van der Waals surface area contributed by atoms with E-state index < -0.39 is 17.9 Å². The third-order valence-electron chi connectivity index (χ3n) is 2.70. The number of hydrogen-bond donors (Lipinski definition) is 1. The maximum atomic E-state index is 11.8. The average Bonchev–Trinajstić information content (AvgIpc) is 2.16. The van der Waals surface area contributed by atoms with Crippen molar-refractivity contribution in [1.29, 1.82) is 0 Å². The molecule has 0 aliphatic carbocycles. The fraction of sp³-hybridized carbons (Fsp3) is 0.727. The molecule has 0 spiro atoms. The summed E-state index contributed by atoms with van der Waals surface area (Å²) in [6.45, 7) is 6.09. The minimum atomic E-state index is -0.694. The Balaban J connectivity index is 2.71. The van der Waals surface area contributed by atoms with Gasteiger partial charge in [0, 0.05) is 6.54 Å². The topological polar surface area (TPSA) is 66.5 Å². The highest BCUT2D eigenvalue weighted by Crippen LogP contribution is 2.18. The summed E-state index contributed by atoms with van der Waals surface area (Å²) in [6.07, 6.45) is 1.31. The largest absolute Gasteiger partial charge is 0.330 e. The molecule has 0 radical (unpaired) electrons. The van der Waals surface area contributed by atoms with Crippen LogP contribution in [0.15, 0.2) is 0 Å². The van der Waals surface area contributed by atoms with Gasteiger partial charge in [-0.1, -0.05) is 13.8 Å². The maximum absolute atomic E-state index is 11.8. The highest BCUT2D eigenvalue weighted by molar-refractivity contribution is 6.16. The van der Waals surface area contributed by atoms with Crippen LogP contribution >= 0.6 is 0 Å². The second kappa shape index (κ2) is 5.09. The van der Waals surface area contributed by atoms with Gasteiger partial charge in [0.05, 0.1) is 0 Å². The van der Waals surface area contributed by atoms with Crippen molar-refractivity contribution in [2.24, 2.45) is 11.8 Å². The van der Waals surface area contributed by atoms with E-state index in [2.05, 4.69) is 5.32 Å². The lowest BCUT2D eigenvalue weighted by Crippen LogP contribution is -2.57. The molecule has 16 heavy (non-hydrogen) atoms. The number of carbonyl (C=O) groups excluding carboxylic acids is 3. The van der Waals surface area contributed by atoms with Crippen molar-refractivity contribution in [3.8, 4) is 0 Å². The highest BCUT2D eigenvalue weighted by Gasteiger charge is 2.38. The summed E-state index contributed by atoms with van der Waals surface area (Å²) < 4.78 is 0. The summed E-state index contributed by atoms with van der Waals surface area (Å²) in [6, 6.07) is -0.599. The zero-order valence-electron chi connectivity index (χ0n) is 9.95. The zero-order chi connectivity index (χ0) is 12.3. The Hall–Kier alpha value is -1.39. The van der Waals surface area contributed by atoms with Gasteiger partial charge >= 0.3 is 6.03 Å². The van der Waals surface area contributed by atoms with Gasteiger partial charge in [-0.15, -0.1) is 0 Å². The molecule has 90 valence electrons. The van der Waals surface area contributed by atoms with Crippen molar-refractivity contribution < 1.29 is 14.4 Å². The predicted molar refractivity (Wildman–Crippen MR) is 58.5 cm³/mol. The second-order valence-electron chi connectivity index (χ2n) is 4.40. The lowest BCUT2D eigenvalue weighted by Gasteiger charge is -2.29. The Kier molecular flexibility index (Phi) is 4.04. The lowest BCUT2D eigenvalue weighted by molar-refractivity contribution is -0.142. The van der Waals surface area contributed by atoms with Crippen LogP contribution in [-0.2, 0) is 9.59 Å². The predicted octanol–water partition coefficient (Wildman–Crippen LogP) is 1.14. The normalized spacial score (nSPS) is 21.6. The quantitative estimate of drug-likeness (QED) is 0.731. The average molecular weight is 226 g/mol. The Morgan fingerprint density at radius 1 is 1.31 bits per heavy atom. The number of carbonyl (C=O) groups is 3. The summed E-state index contributed by atoms with van der Waals surface area (Å²) in [4.78, 5) is 35.7. The molecule has 1 atom stereocenters. The van der Waals surface area contributed by atoms with Gasteiger partial charge in [-0.3, -0.25) is 19.8 Å². The molecule has 5 heteroatoms. The zero-order valence-corrected chi connectivity index (χ0v) is 9.95. The van der Waals surface area contributed by atoms with E-state index in [0.717, 1.165) is 11.3 Å². The molecule has 4 amide bonds. The molecule has 0 aromatic carbocycles. The lowest BCUT2D eigenvalue weighted by atomic mass is 9.94. The number of nitrogens with zero attached hydrogens (tertiary/aromatic N) is 1. The van der Waals surface area contributed by atoms with E-state index in [-0.39, 0.29) is 5.91 Å². The Bertz CT molecular complexity index is 312. The van der Waals surface area contributed by atoms with Crippen LogP contribution < -0.4 is 5.32 Å². The molecule has 1 rings (SSSR count). The van der Waals surface area contributed by atoms with E-state index in [1.165, 1.54) is 0 Å². The maximum Gasteiger partial charge on any atom is 0.330 e. The Morgan fingerprint density at radius 3 is 2.44 bits per heavy atom. The van der Waals surface area contributed by atoms with Crippen molar-refractivity contribution in [3.05, 3.63) is 0 Å². The van der Waals surface area contributed by atoms with Crippen LogP contribution in [0.3, 0.4) is 0 Å². The number of nitrogens with one attached hydrogen (secondary N) is 1. The molecular formula is C11H18N2O3. The van der Waals surface area contributed by atoms with Gasteiger partial charge < -0.3 is 0 Å². The Morgan fingerprint density at radius 2 is 1.94 bits per heavy atom. The van der Waals surface area contributed by atoms with Crippen LogP contribution in [0, 0.1) is 11.8 Å². The minimum absolute atomic E-state index is 0.302. The molecule has 0 aromatic rings. The summed E-state index contributed by atoms with van der Waals surface area (Å²) in [5, 5.41) is 2.21. The molecular weight excluding hydrogens is 208 g/mol. The van der Waals surface area contributed by atoms with Crippen molar-refractivity contribution in [2.45, 2.75) is 33.6 Å². The number of urea groups is 1. The number of barbiturate groups is 1. The fourth-order valence-corrected chi connectivity index (χ4v) is 1.71. The third-order valence-corrected chi connectivity index (χ3v) is 2.70. The van der Waals surface area contributed by atoms with Crippen molar-refractivity contribution in [2.75, 3.05) is 6.54 Å². The molecule has 1 saturated heterocycles. The van der Waals surface area contributed by atoms with Gasteiger partial charge in [-0.25, -0.2) is 4.79 Å². The van der Waals surface area contributed by atoms with Crippen LogP contribution in [0.2, 0.25) is 0 Å². The number of hydrogen-bond acceptors (Lipinski definition) is 3. The van der Waals surface area contributed by atoms with Gasteiger partial charge in [0.2, 0.25) is 11.8 Å². The van der Waals surface area contributed by atoms with Gasteiger partial charge in [-0.05, 0) is 25.7 Å². The van der Waals surface area contributed by atoms with Crippen molar-refractivity contribution in [1.82, 2.24) is 10.2 Å². The van der Waals surface area contributed by atoms with Crippen LogP contribution in [0.5, 0.6) is 0 Å². The third kappa shape index (κ3) is 2.59. The summed E-state index contributed by atoms with van der Waals surface area (Å²) in [5.41, 5.74) is 0. The van der Waals surface area contributed by atoms with Crippen LogP contribution in [0.25, 0.3) is 0 Å². The molecule has 1 N–H and O–H groups in total. The molecule has 1 fully saturated rings. The van der Waals surface area contributed by atoms with Crippen molar-refractivity contribution >= 4 is 17.8 Å². The molecule has 1 unspecified atom stereocenters. The minimum Gasteiger partial charge on any atom is -0.277 e. The van der Waals surface area contributed by atoms with Crippen LogP contribution in [-0.4, -0.2) is 29.3 Å². The molecule has 0 saturated carbocycles. The van der Waals surface area contributed by atoms with Gasteiger partial charge in [0.25, 0.3) is 0 Å². The molecule has 0 bridgehead atoms. The van der Waals surface area contributed by atoms with E-state index in [4.69, 9.17) is 0 Å². The van der Waals surface area contributed by atoms with E-state index in [1.807, 2.05) is 13.8 Å². The van der Waals surface area contributed by atoms with Crippen LogP contribution in [0.4, 0.5) is 4.79 Å². The van der Waals surface area contributed by atoms with Crippen LogP contribution in [0.1, 0.15) is 33.6 Å². The first-order valence-electron chi connectivity index (χ1n) is 5.63. The highest BCUT2D eigenvalue weighted by atomic mass is 16.2. The number of amides is 4. The number of rotatable bonds is 4. The van der Waals surface area contributed by atoms with Crippen molar-refractivity contribution in [3.63, 3.8) is 0 Å². The molecule has 0 aromatic heterocycles. The first kappa shape index (κ1) is 12.7. The molecule has 1 aliphatic rings. The fourth-order valence-electron chi connectivity index (χ4n) is 1.71. The summed E-state index contributed by atoms with van der Waals surface area (Å²) in [5.74, 6) is -1.08. The first-order valence-corrected chi connectivity index (χ1v) is 5.63.